The number of hydrogen-bond acceptors (Lipinski definition) is 6. The summed E-state index contributed by atoms with van der Waals surface area (Å²) in [4.78, 5) is 34.4. The van der Waals surface area contributed by atoms with Gasteiger partial charge in [-0.25, -0.2) is 0 Å². The van der Waals surface area contributed by atoms with Crippen molar-refractivity contribution >= 4 is 22.7 Å². The Labute approximate surface area is 253 Å². The molecule has 0 aliphatic heterocycles. The van der Waals surface area contributed by atoms with Crippen LogP contribution in [0.3, 0.4) is 0 Å². The molecule has 1 N–H and O–H groups in total. The van der Waals surface area contributed by atoms with Crippen LogP contribution < -0.4 is 14.2 Å². The number of aromatic amines is 1. The van der Waals surface area contributed by atoms with Crippen molar-refractivity contribution in [1.29, 1.82) is 0 Å². The number of nitrogens with one attached hydrogen (secondary N) is 1. The van der Waals surface area contributed by atoms with Crippen LogP contribution >= 0.6 is 0 Å². The highest BCUT2D eigenvalue weighted by Gasteiger charge is 2.24. The van der Waals surface area contributed by atoms with Crippen LogP contribution in [0.25, 0.3) is 10.9 Å². The Morgan fingerprint density at radius 1 is 0.860 bits per heavy atom. The summed E-state index contributed by atoms with van der Waals surface area (Å²) in [6.45, 7) is 4.20. The first-order valence-corrected chi connectivity index (χ1v) is 14.5. The van der Waals surface area contributed by atoms with Gasteiger partial charge >= 0.3 is 0 Å². The minimum Gasteiger partial charge on any atom is -0.494 e. The molecule has 228 valence electrons. The molecule has 0 spiro atoms. The van der Waals surface area contributed by atoms with Gasteiger partial charge in [-0.3, -0.25) is 9.59 Å². The smallest absolute Gasteiger partial charge is 0.254 e. The van der Waals surface area contributed by atoms with Crippen molar-refractivity contribution in [2.45, 2.75) is 26.3 Å². The zero-order valence-electron chi connectivity index (χ0n) is 25.4. The number of carbonyl (C=O) groups is 2. The number of rotatable bonds is 16. The lowest BCUT2D eigenvalue weighted by Crippen LogP contribution is -2.44. The van der Waals surface area contributed by atoms with E-state index in [2.05, 4.69) is 11.1 Å². The number of nitrogens with zero attached hydrogens (tertiary/aromatic N) is 2. The van der Waals surface area contributed by atoms with Crippen LogP contribution in [-0.4, -0.2) is 80.8 Å². The van der Waals surface area contributed by atoms with E-state index in [-0.39, 0.29) is 18.4 Å². The van der Waals surface area contributed by atoms with Gasteiger partial charge in [-0.15, -0.1) is 0 Å². The Kier molecular flexibility index (Phi) is 11.4. The van der Waals surface area contributed by atoms with Gasteiger partial charge in [-0.05, 0) is 67.3 Å². The molecule has 9 heteroatoms. The van der Waals surface area contributed by atoms with Crippen LogP contribution in [0.15, 0.2) is 72.9 Å². The van der Waals surface area contributed by atoms with Gasteiger partial charge in [0.1, 0.15) is 12.3 Å². The van der Waals surface area contributed by atoms with Gasteiger partial charge in [0, 0.05) is 56.0 Å². The molecule has 0 bridgehead atoms. The summed E-state index contributed by atoms with van der Waals surface area (Å²) in [6.07, 6.45) is 3.26. The van der Waals surface area contributed by atoms with E-state index in [0.717, 1.165) is 27.8 Å². The van der Waals surface area contributed by atoms with Crippen LogP contribution in [0.2, 0.25) is 0 Å². The standard InChI is InChI=1S/C34H41N3O6/c1-5-43-28-14-11-25(12-15-28)23-36(19-17-27-22-35-30-10-7-6-9-29(27)30)33(38)24-37(18-8-20-40-2)34(39)26-13-16-31(41-3)32(21-26)42-4/h6-7,9-16,21-22,35H,5,8,17-20,23-24H2,1-4H3. The summed E-state index contributed by atoms with van der Waals surface area (Å²) in [5, 5.41) is 1.14. The third-order valence-electron chi connectivity index (χ3n) is 7.31. The maximum absolute atomic E-state index is 14.0. The van der Waals surface area contributed by atoms with Crippen molar-refractivity contribution in [3.05, 3.63) is 89.6 Å². The fraction of sp³-hybridized carbons (Fsp3) is 0.353. The molecule has 43 heavy (non-hydrogen) atoms. The monoisotopic (exact) mass is 587 g/mol. The molecule has 0 fully saturated rings. The summed E-state index contributed by atoms with van der Waals surface area (Å²) >= 11 is 0. The van der Waals surface area contributed by atoms with Gasteiger partial charge < -0.3 is 33.7 Å². The van der Waals surface area contributed by atoms with E-state index in [9.17, 15) is 9.59 Å². The molecule has 0 unspecified atom stereocenters. The van der Waals surface area contributed by atoms with Gasteiger partial charge in [-0.1, -0.05) is 30.3 Å². The quantitative estimate of drug-likeness (QED) is 0.178. The van der Waals surface area contributed by atoms with E-state index in [1.807, 2.05) is 60.5 Å². The van der Waals surface area contributed by atoms with Crippen LogP contribution in [0.5, 0.6) is 17.2 Å². The lowest BCUT2D eigenvalue weighted by atomic mass is 10.1. The first-order chi connectivity index (χ1) is 21.0. The fourth-order valence-corrected chi connectivity index (χ4v) is 5.03. The Hall–Kier alpha value is -4.50. The van der Waals surface area contributed by atoms with Crippen LogP contribution in [0.1, 0.15) is 34.8 Å². The van der Waals surface area contributed by atoms with E-state index in [0.29, 0.717) is 62.8 Å². The molecule has 0 saturated carbocycles. The van der Waals surface area contributed by atoms with Crippen LogP contribution in [0, 0.1) is 0 Å². The Balaban J connectivity index is 1.56. The molecule has 1 aromatic heterocycles. The number of H-pyrrole nitrogens is 1. The van der Waals surface area contributed by atoms with Crippen molar-refractivity contribution in [2.75, 3.05) is 54.2 Å². The number of para-hydroxylation sites is 1. The van der Waals surface area contributed by atoms with E-state index >= 15 is 0 Å². The zero-order valence-corrected chi connectivity index (χ0v) is 25.4. The fourth-order valence-electron chi connectivity index (χ4n) is 5.03. The average Bonchev–Trinajstić information content (AvgIpc) is 3.45. The predicted octanol–water partition coefficient (Wildman–Crippen LogP) is 5.33. The SMILES string of the molecule is CCOc1ccc(CN(CCc2c[nH]c3ccccc23)C(=O)CN(CCCOC)C(=O)c2ccc(OC)c(OC)c2)cc1. The largest absolute Gasteiger partial charge is 0.494 e. The first-order valence-electron chi connectivity index (χ1n) is 14.5. The second-order valence-corrected chi connectivity index (χ2v) is 10.1. The number of benzene rings is 3. The molecular formula is C34H41N3O6. The zero-order chi connectivity index (χ0) is 30.6. The number of aromatic nitrogens is 1. The molecule has 4 aromatic rings. The van der Waals surface area contributed by atoms with Crippen molar-refractivity contribution in [3.8, 4) is 17.2 Å². The van der Waals surface area contributed by atoms with Crippen molar-refractivity contribution < 1.29 is 28.5 Å². The maximum Gasteiger partial charge on any atom is 0.254 e. The Morgan fingerprint density at radius 3 is 2.35 bits per heavy atom. The van der Waals surface area contributed by atoms with Crippen LogP contribution in [0.4, 0.5) is 0 Å². The number of fused-ring (bicyclic) bond motifs is 1. The highest BCUT2D eigenvalue weighted by Crippen LogP contribution is 2.28. The Bertz CT molecular complexity index is 1480. The van der Waals surface area contributed by atoms with E-state index in [4.69, 9.17) is 18.9 Å². The third-order valence-corrected chi connectivity index (χ3v) is 7.31. The molecule has 9 nitrogen and oxygen atoms in total. The number of methoxy groups -OCH3 is 3. The minimum atomic E-state index is -0.261. The van der Waals surface area contributed by atoms with Crippen molar-refractivity contribution in [1.82, 2.24) is 14.8 Å². The lowest BCUT2D eigenvalue weighted by molar-refractivity contribution is -0.132. The number of ether oxygens (including phenoxy) is 4. The third kappa shape index (κ3) is 8.29. The number of amides is 2. The Morgan fingerprint density at radius 2 is 1.63 bits per heavy atom. The molecular weight excluding hydrogens is 546 g/mol. The van der Waals surface area contributed by atoms with Gasteiger partial charge in [0.15, 0.2) is 11.5 Å². The summed E-state index contributed by atoms with van der Waals surface area (Å²) in [5.41, 5.74) is 3.60. The number of carbonyl (C=O) groups excluding carboxylic acids is 2. The van der Waals surface area contributed by atoms with E-state index in [1.165, 1.54) is 7.11 Å². The predicted molar refractivity (Wildman–Crippen MR) is 167 cm³/mol. The van der Waals surface area contributed by atoms with Crippen molar-refractivity contribution in [3.63, 3.8) is 0 Å². The maximum atomic E-state index is 14.0. The normalized spacial score (nSPS) is 10.9. The highest BCUT2D eigenvalue weighted by atomic mass is 16.5. The molecule has 0 aliphatic rings. The second-order valence-electron chi connectivity index (χ2n) is 10.1. The summed E-state index contributed by atoms with van der Waals surface area (Å²) < 4.78 is 21.6. The van der Waals surface area contributed by atoms with Gasteiger partial charge in [0.2, 0.25) is 5.91 Å². The molecule has 2 amide bonds. The first kappa shape index (κ1) is 31.4. The van der Waals surface area contributed by atoms with Crippen molar-refractivity contribution in [2.24, 2.45) is 0 Å². The molecule has 1 heterocycles. The second kappa shape index (κ2) is 15.7. The molecule has 0 radical (unpaired) electrons. The molecule has 0 aliphatic carbocycles. The van der Waals surface area contributed by atoms with E-state index < -0.39 is 0 Å². The summed E-state index contributed by atoms with van der Waals surface area (Å²) in [5.74, 6) is 1.36. The summed E-state index contributed by atoms with van der Waals surface area (Å²) in [6, 6.07) is 20.9. The highest BCUT2D eigenvalue weighted by molar-refractivity contribution is 5.97. The molecule has 4 rings (SSSR count). The van der Waals surface area contributed by atoms with E-state index in [1.54, 1.807) is 37.3 Å². The lowest BCUT2D eigenvalue weighted by Gasteiger charge is -2.28. The minimum absolute atomic E-state index is 0.0677. The molecule has 3 aromatic carbocycles. The number of hydrogen-bond donors (Lipinski definition) is 1. The van der Waals surface area contributed by atoms with Gasteiger partial charge in [0.05, 0.1) is 20.8 Å². The molecule has 0 saturated heterocycles. The van der Waals surface area contributed by atoms with Gasteiger partial charge in [0.25, 0.3) is 5.91 Å². The van der Waals surface area contributed by atoms with Crippen LogP contribution in [-0.2, 0) is 22.5 Å². The summed E-state index contributed by atoms with van der Waals surface area (Å²) in [7, 11) is 4.69. The topological polar surface area (TPSA) is 93.3 Å². The molecule has 0 atom stereocenters. The average molecular weight is 588 g/mol. The van der Waals surface area contributed by atoms with Gasteiger partial charge in [-0.2, -0.15) is 0 Å².